The third-order valence-electron chi connectivity index (χ3n) is 8.44. The molecule has 7 aromatic rings. The first kappa shape index (κ1) is 21.0. The van der Waals surface area contributed by atoms with Gasteiger partial charge in [0.25, 0.3) is 6.71 Å². The zero-order chi connectivity index (χ0) is 25.5. The van der Waals surface area contributed by atoms with Crippen LogP contribution < -0.4 is 21.1 Å². The van der Waals surface area contributed by atoms with E-state index in [9.17, 15) is 0 Å². The molecule has 2 aliphatic heterocycles. The minimum atomic E-state index is 0.109. The average molecular weight is 495 g/mol. The van der Waals surface area contributed by atoms with Crippen molar-refractivity contribution in [1.29, 1.82) is 0 Å². The fourth-order valence-electron chi connectivity index (χ4n) is 6.77. The second-order valence-electron chi connectivity index (χ2n) is 10.5. The zero-order valence-electron chi connectivity index (χ0n) is 21.1. The Morgan fingerprint density at radius 2 is 1.18 bits per heavy atom. The molecule has 1 aromatic heterocycles. The van der Waals surface area contributed by atoms with Crippen LogP contribution in [0.4, 0.5) is 0 Å². The highest BCUT2D eigenvalue weighted by atomic mass is 16.5. The van der Waals surface area contributed by atoms with E-state index in [4.69, 9.17) is 4.74 Å². The molecule has 2 aliphatic rings. The summed E-state index contributed by atoms with van der Waals surface area (Å²) in [6, 6.07) is 48.2. The van der Waals surface area contributed by atoms with Crippen molar-refractivity contribution in [2.24, 2.45) is 0 Å². The van der Waals surface area contributed by atoms with Crippen molar-refractivity contribution in [2.75, 3.05) is 0 Å². The lowest BCUT2D eigenvalue weighted by Gasteiger charge is -2.33. The Labute approximate surface area is 226 Å². The number of rotatable bonds is 2. The van der Waals surface area contributed by atoms with Gasteiger partial charge in [-0.25, -0.2) is 0 Å². The number of para-hydroxylation sites is 1. The Bertz CT molecular complexity index is 2090. The lowest BCUT2D eigenvalue weighted by Crippen LogP contribution is -2.58. The van der Waals surface area contributed by atoms with E-state index in [2.05, 4.69) is 138 Å². The van der Waals surface area contributed by atoms with Crippen LogP contribution in [0.1, 0.15) is 0 Å². The van der Waals surface area contributed by atoms with Crippen LogP contribution in [-0.2, 0) is 0 Å². The number of fused-ring (bicyclic) bond motifs is 7. The number of nitrogens with zero attached hydrogens (tertiary/aromatic N) is 1. The van der Waals surface area contributed by atoms with Gasteiger partial charge < -0.3 is 9.30 Å². The summed E-state index contributed by atoms with van der Waals surface area (Å²) in [6.07, 6.45) is 0. The van der Waals surface area contributed by atoms with E-state index in [0.717, 1.165) is 11.5 Å². The molecular formula is C36H22BNO. The molecule has 0 unspecified atom stereocenters. The molecule has 180 valence electrons. The maximum Gasteiger partial charge on any atom is 0.256 e. The summed E-state index contributed by atoms with van der Waals surface area (Å²) in [5.74, 6) is 1.89. The van der Waals surface area contributed by atoms with Gasteiger partial charge in [-0.05, 0) is 75.0 Å². The van der Waals surface area contributed by atoms with Crippen LogP contribution in [0.5, 0.6) is 11.5 Å². The molecule has 39 heavy (non-hydrogen) atoms. The third-order valence-corrected chi connectivity index (χ3v) is 8.44. The summed E-state index contributed by atoms with van der Waals surface area (Å²) >= 11 is 0. The van der Waals surface area contributed by atoms with Crippen LogP contribution in [-0.4, -0.2) is 11.3 Å². The molecule has 0 N–H and O–H groups in total. The molecule has 3 heterocycles. The van der Waals surface area contributed by atoms with Gasteiger partial charge in [-0.2, -0.15) is 0 Å². The molecule has 3 heteroatoms. The minimum Gasteiger partial charge on any atom is -0.458 e. The number of ether oxygens (including phenoxy) is 1. The van der Waals surface area contributed by atoms with Crippen LogP contribution in [0.2, 0.25) is 0 Å². The quantitative estimate of drug-likeness (QED) is 0.235. The van der Waals surface area contributed by atoms with Crippen LogP contribution in [0, 0.1) is 0 Å². The van der Waals surface area contributed by atoms with Crippen molar-refractivity contribution in [3.05, 3.63) is 133 Å². The fraction of sp³-hybridized carbons (Fsp3) is 0. The van der Waals surface area contributed by atoms with E-state index in [-0.39, 0.29) is 6.71 Å². The van der Waals surface area contributed by atoms with Gasteiger partial charge in [0.1, 0.15) is 11.5 Å². The SMILES string of the molecule is c1ccc(-c2ccc3c(c2)c2cc(-c4ccccc4)cc4c2n3-c2cccc3c2B4c2ccccc2O3)cc1. The van der Waals surface area contributed by atoms with Crippen LogP contribution in [0.3, 0.4) is 0 Å². The lowest BCUT2D eigenvalue weighted by molar-refractivity contribution is 0.487. The summed E-state index contributed by atoms with van der Waals surface area (Å²) in [4.78, 5) is 0. The van der Waals surface area contributed by atoms with Crippen molar-refractivity contribution >= 4 is 44.9 Å². The topological polar surface area (TPSA) is 14.2 Å². The van der Waals surface area contributed by atoms with E-state index in [1.54, 1.807) is 0 Å². The zero-order valence-corrected chi connectivity index (χ0v) is 21.1. The molecule has 0 spiro atoms. The van der Waals surface area contributed by atoms with Gasteiger partial charge >= 0.3 is 0 Å². The molecule has 0 amide bonds. The monoisotopic (exact) mass is 495 g/mol. The van der Waals surface area contributed by atoms with Gasteiger partial charge in [-0.1, -0.05) is 97.1 Å². The first-order valence-electron chi connectivity index (χ1n) is 13.5. The number of hydrogen-bond donors (Lipinski definition) is 0. The lowest BCUT2D eigenvalue weighted by atomic mass is 9.34. The largest absolute Gasteiger partial charge is 0.458 e. The smallest absolute Gasteiger partial charge is 0.256 e. The highest BCUT2D eigenvalue weighted by Gasteiger charge is 2.40. The van der Waals surface area contributed by atoms with Crippen molar-refractivity contribution in [3.63, 3.8) is 0 Å². The van der Waals surface area contributed by atoms with E-state index < -0.39 is 0 Å². The second kappa shape index (κ2) is 7.75. The molecule has 0 saturated heterocycles. The third kappa shape index (κ3) is 2.87. The molecule has 9 rings (SSSR count). The van der Waals surface area contributed by atoms with Crippen molar-refractivity contribution in [1.82, 2.24) is 4.57 Å². The van der Waals surface area contributed by atoms with Crippen LogP contribution >= 0.6 is 0 Å². The molecule has 2 nitrogen and oxygen atoms in total. The van der Waals surface area contributed by atoms with E-state index in [1.807, 2.05) is 0 Å². The summed E-state index contributed by atoms with van der Waals surface area (Å²) in [6.45, 7) is 0.109. The van der Waals surface area contributed by atoms with Gasteiger partial charge in [0.15, 0.2) is 0 Å². The molecule has 0 bridgehead atoms. The molecule has 0 radical (unpaired) electrons. The molecule has 0 aliphatic carbocycles. The first-order valence-corrected chi connectivity index (χ1v) is 13.5. The van der Waals surface area contributed by atoms with Crippen molar-refractivity contribution in [3.8, 4) is 39.4 Å². The Balaban J connectivity index is 1.46. The molecule has 6 aromatic carbocycles. The van der Waals surface area contributed by atoms with E-state index in [0.29, 0.717) is 0 Å². The first-order chi connectivity index (χ1) is 19.3. The molecular weight excluding hydrogens is 473 g/mol. The predicted molar refractivity (Wildman–Crippen MR) is 163 cm³/mol. The van der Waals surface area contributed by atoms with Crippen molar-refractivity contribution in [2.45, 2.75) is 0 Å². The number of benzene rings is 6. The Morgan fingerprint density at radius 3 is 2.00 bits per heavy atom. The summed E-state index contributed by atoms with van der Waals surface area (Å²) in [5, 5.41) is 2.56. The number of aromatic nitrogens is 1. The minimum absolute atomic E-state index is 0.109. The summed E-state index contributed by atoms with van der Waals surface area (Å²) in [7, 11) is 0. The second-order valence-corrected chi connectivity index (χ2v) is 10.5. The van der Waals surface area contributed by atoms with E-state index in [1.165, 1.54) is 66.1 Å². The molecule has 0 saturated carbocycles. The number of hydrogen-bond acceptors (Lipinski definition) is 1. The average Bonchev–Trinajstić information content (AvgIpc) is 3.34. The predicted octanol–water partition coefficient (Wildman–Crippen LogP) is 7.05. The van der Waals surface area contributed by atoms with Crippen molar-refractivity contribution < 1.29 is 4.74 Å². The van der Waals surface area contributed by atoms with Gasteiger partial charge in [-0.3, -0.25) is 0 Å². The fourth-order valence-corrected chi connectivity index (χ4v) is 6.77. The Hall–Kier alpha value is -5.02. The van der Waals surface area contributed by atoms with Gasteiger partial charge in [0, 0.05) is 22.0 Å². The van der Waals surface area contributed by atoms with Gasteiger partial charge in [-0.15, -0.1) is 0 Å². The van der Waals surface area contributed by atoms with Crippen LogP contribution in [0.25, 0.3) is 49.7 Å². The maximum atomic E-state index is 6.50. The Kier molecular flexibility index (Phi) is 4.17. The highest BCUT2D eigenvalue weighted by Crippen LogP contribution is 2.40. The maximum absolute atomic E-state index is 6.50. The summed E-state index contributed by atoms with van der Waals surface area (Å²) in [5.41, 5.74) is 12.5. The summed E-state index contributed by atoms with van der Waals surface area (Å²) < 4.78 is 8.97. The normalized spacial score (nSPS) is 12.8. The standard InChI is InChI=1S/C36H22BNO/c1-3-10-23(11-4-1)25-18-19-31-27(20-25)28-21-26(24-12-5-2-6-13-24)22-30-36(28)38(31)32-15-9-17-34-35(32)37(30)29-14-7-8-16-33(29)39-34/h1-22H. The van der Waals surface area contributed by atoms with Gasteiger partial charge in [0.05, 0.1) is 5.52 Å². The Morgan fingerprint density at radius 1 is 0.487 bits per heavy atom. The molecule has 0 atom stereocenters. The van der Waals surface area contributed by atoms with Crippen LogP contribution in [0.15, 0.2) is 133 Å². The van der Waals surface area contributed by atoms with E-state index >= 15 is 0 Å². The highest BCUT2D eigenvalue weighted by molar-refractivity contribution is 6.99. The van der Waals surface area contributed by atoms with Gasteiger partial charge in [0.2, 0.25) is 0 Å². The molecule has 0 fully saturated rings.